The second-order valence-electron chi connectivity index (χ2n) is 22.5. The molecule has 37 atom stereocenters. The largest absolute Gasteiger partial charge is 0.481 e. The highest BCUT2D eigenvalue weighted by atomic mass is 32.2. The molecule has 0 aromatic rings. The number of ether oxygens (including phenoxy) is 14. The number of aliphatic carboxylic acids is 2. The lowest BCUT2D eigenvalue weighted by atomic mass is 9.95. The third-order valence-electron chi connectivity index (χ3n) is 16.4. The Morgan fingerprint density at radius 3 is 0.697 bits per heavy atom. The molecule has 0 aromatic heterocycles. The van der Waals surface area contributed by atoms with Crippen LogP contribution < -0.4 is 5.73 Å². The SMILES string of the molecule is C[C@H](CSCC1O[C@@H]2O[C@@H]3C(CO)O[C@@H](O[C@H]4C(CO)O[C@@H](O[C@H]5C(CSC[C@@H](N)C(=O)O)O[C@@H](O[C@H]6C(CO)O[C@H](O[C@@H]7C(CO)O[C@H](O[C@@H]8C(CO)O[C@H](O[C@H]1[C@H](O)C2O)C(O)[C@H]8O)[C@@H](O)C7O)[C@@H](O)C6O)[C@@H](O)C5O)[C@@H](O)C4O)C(O)[C@H]3O)C(=O)O. The summed E-state index contributed by atoms with van der Waals surface area (Å²) in [7, 11) is 0. The van der Waals surface area contributed by atoms with E-state index in [0.29, 0.717) is 0 Å². The molecule has 21 heterocycles. The van der Waals surface area contributed by atoms with Crippen LogP contribution in [0.4, 0.5) is 0 Å². The lowest BCUT2D eigenvalue weighted by Crippen LogP contribution is -2.68. The Bertz CT molecular complexity index is 2190. The van der Waals surface area contributed by atoms with Gasteiger partial charge in [0.1, 0.15) is 165 Å². The number of carboxylic acid groups (broad SMARTS) is 2. The molecule has 40 heteroatoms. The smallest absolute Gasteiger partial charge is 0.321 e. The molecule has 21 aliphatic heterocycles. The summed E-state index contributed by atoms with van der Waals surface area (Å²) in [5, 5.41) is 233. The highest BCUT2D eigenvalue weighted by Crippen LogP contribution is 2.40. The number of thioether (sulfide) groups is 2. The van der Waals surface area contributed by atoms with Gasteiger partial charge >= 0.3 is 11.9 Å². The fraction of sp³-hybridized carbons (Fsp3) is 0.959. The van der Waals surface area contributed by atoms with Crippen molar-refractivity contribution in [2.45, 2.75) is 228 Å². The van der Waals surface area contributed by atoms with Crippen LogP contribution in [0.2, 0.25) is 0 Å². The predicted molar refractivity (Wildman–Crippen MR) is 281 cm³/mol. The molecule has 21 aliphatic rings. The van der Waals surface area contributed by atoms with E-state index in [9.17, 15) is 117 Å². The van der Waals surface area contributed by atoms with Crippen molar-refractivity contribution in [3.8, 4) is 0 Å². The minimum absolute atomic E-state index is 0.0967. The van der Waals surface area contributed by atoms with E-state index in [1.165, 1.54) is 6.92 Å². The summed E-state index contributed by atoms with van der Waals surface area (Å²) in [5.74, 6) is -4.70. The molecule has 38 nitrogen and oxygen atoms in total. The quantitative estimate of drug-likeness (QED) is 0.0724. The van der Waals surface area contributed by atoms with Gasteiger partial charge in [-0.25, -0.2) is 0 Å². The molecule has 0 aliphatic carbocycles. The van der Waals surface area contributed by atoms with Gasteiger partial charge in [-0.3, -0.25) is 9.59 Å². The number of carboxylic acids is 2. The molecule has 0 aromatic carbocycles. The van der Waals surface area contributed by atoms with E-state index in [-0.39, 0.29) is 23.0 Å². The van der Waals surface area contributed by atoms with Crippen LogP contribution in [-0.4, -0.2) is 396 Å². The van der Waals surface area contributed by atoms with Crippen LogP contribution in [0, 0.1) is 5.92 Å². The number of carbonyl (C=O) groups is 2. The number of rotatable bonds is 15. The molecule has 89 heavy (non-hydrogen) atoms. The van der Waals surface area contributed by atoms with Crippen LogP contribution in [0.15, 0.2) is 0 Å². The van der Waals surface area contributed by atoms with Gasteiger partial charge in [0.15, 0.2) is 44.0 Å². The Labute approximate surface area is 512 Å². The van der Waals surface area contributed by atoms with Crippen molar-refractivity contribution in [2.75, 3.05) is 56.0 Å². The van der Waals surface area contributed by atoms with Gasteiger partial charge in [0.05, 0.1) is 51.2 Å². The number of hydrogen-bond donors (Lipinski definition) is 22. The van der Waals surface area contributed by atoms with E-state index in [1.807, 2.05) is 0 Å². The van der Waals surface area contributed by atoms with E-state index >= 15 is 0 Å². The van der Waals surface area contributed by atoms with Gasteiger partial charge in [-0.1, -0.05) is 6.92 Å². The first-order valence-corrected chi connectivity index (χ1v) is 30.6. The van der Waals surface area contributed by atoms with Crippen molar-refractivity contribution in [3.05, 3.63) is 0 Å². The summed E-state index contributed by atoms with van der Waals surface area (Å²) in [6.07, 6.45) is -70.9. The zero-order valence-electron chi connectivity index (χ0n) is 47.0. The van der Waals surface area contributed by atoms with Crippen LogP contribution >= 0.6 is 23.5 Å². The molecule has 21 saturated heterocycles. The standard InChI is InChI=1S/C49H81NO37S2/c1-11(41(70)71)7-88-9-18-39-25(61)32(68)48(79-18)84-37-16(5-54)75-45(28(64)21(37)57)83-36-15(4-53)78-47(31(67)24(36)60)87-40-19(10-89-8-12(50)42(72)73)80-49(33(69)26(40)62)85-38-17(6-55)76-44(29(65)22(38)58)81-34-13(2-51)74-43(27(63)20(34)56)82-35-14(3-52)77-46(86-39)30(66)23(35)59/h11-40,43-49,51-69H,2-10,50H2,1H3,(H,70,71)(H,72,73)/t11-,12-,13?,14?,15?,16?,17?,18?,19?,20?,21-,22?,23-,24?,25-,26?,27+,28?,29+,30?,31+,32?,33+,34-,35-,36+,37-,38+,39-,40+,43-,44-,45+,46-,47+,48-,49+/m1/s1. The van der Waals surface area contributed by atoms with E-state index < -0.39 is 272 Å². The first-order chi connectivity index (χ1) is 42.2. The average Bonchev–Trinajstić information content (AvgIpc) is 0.983. The molecule has 0 radical (unpaired) electrons. The summed E-state index contributed by atoms with van der Waals surface area (Å²) >= 11 is 1.72. The molecule has 23 N–H and O–H groups in total. The Hall–Kier alpha value is -1.72. The molecule has 14 bridgehead atoms. The number of aliphatic hydroxyl groups excluding tert-OH is 19. The summed E-state index contributed by atoms with van der Waals surface area (Å²) in [6.45, 7) is -4.01. The minimum atomic E-state index is -2.25. The van der Waals surface area contributed by atoms with Gasteiger partial charge in [0, 0.05) is 23.0 Å². The molecule has 14 unspecified atom stereocenters. The highest BCUT2D eigenvalue weighted by molar-refractivity contribution is 7.99. The highest BCUT2D eigenvalue weighted by Gasteiger charge is 2.60. The minimum Gasteiger partial charge on any atom is -0.481 e. The van der Waals surface area contributed by atoms with E-state index in [0.717, 1.165) is 23.5 Å². The summed E-state index contributed by atoms with van der Waals surface area (Å²) in [6, 6.07) is -1.46. The Morgan fingerprint density at radius 2 is 0.506 bits per heavy atom. The molecular weight excluding hydrogens is 1260 g/mol. The van der Waals surface area contributed by atoms with Gasteiger partial charge in [-0.05, 0) is 0 Å². The number of hydrogen-bond acceptors (Lipinski definition) is 38. The van der Waals surface area contributed by atoms with Crippen LogP contribution in [0.1, 0.15) is 6.92 Å². The first-order valence-electron chi connectivity index (χ1n) is 28.3. The number of aliphatic hydroxyl groups is 19. The van der Waals surface area contributed by atoms with E-state index in [2.05, 4.69) is 0 Å². The third-order valence-corrected chi connectivity index (χ3v) is 18.9. The van der Waals surface area contributed by atoms with Crippen LogP contribution in [0.25, 0.3) is 0 Å². The molecule has 0 amide bonds. The van der Waals surface area contributed by atoms with Gasteiger partial charge in [0.2, 0.25) is 0 Å². The number of nitrogens with two attached hydrogens (primary N) is 1. The lowest BCUT2D eigenvalue weighted by molar-refractivity contribution is -0.395. The van der Waals surface area contributed by atoms with Gasteiger partial charge < -0.3 is 179 Å². The van der Waals surface area contributed by atoms with Crippen molar-refractivity contribution in [1.29, 1.82) is 0 Å². The van der Waals surface area contributed by atoms with E-state index in [4.69, 9.17) is 72.0 Å². The normalized spacial score (nSPS) is 50.1. The van der Waals surface area contributed by atoms with Crippen molar-refractivity contribution in [3.63, 3.8) is 0 Å². The first kappa shape index (κ1) is 73.1. The monoisotopic (exact) mass is 1340 g/mol. The van der Waals surface area contributed by atoms with E-state index in [1.54, 1.807) is 0 Å². The maximum absolute atomic E-state index is 11.7. The van der Waals surface area contributed by atoms with Gasteiger partial charge in [-0.15, -0.1) is 0 Å². The second kappa shape index (κ2) is 31.9. The average molecular weight is 1340 g/mol. The van der Waals surface area contributed by atoms with Gasteiger partial charge in [-0.2, -0.15) is 23.5 Å². The second-order valence-corrected chi connectivity index (χ2v) is 24.7. The van der Waals surface area contributed by atoms with Crippen molar-refractivity contribution in [1.82, 2.24) is 0 Å². The maximum atomic E-state index is 11.7. The topological polar surface area (TPSA) is 614 Å². The molecule has 0 spiro atoms. The molecule has 21 rings (SSSR count). The van der Waals surface area contributed by atoms with Crippen LogP contribution in [-0.2, 0) is 75.9 Å². The molecular formula is C49H81NO37S2. The van der Waals surface area contributed by atoms with Crippen molar-refractivity contribution < 1.29 is 183 Å². The Morgan fingerprint density at radius 1 is 0.315 bits per heavy atom. The Balaban J connectivity index is 1.11. The zero-order valence-corrected chi connectivity index (χ0v) is 48.7. The fourth-order valence-corrected chi connectivity index (χ4v) is 13.4. The third kappa shape index (κ3) is 15.9. The summed E-state index contributed by atoms with van der Waals surface area (Å²) in [4.78, 5) is 23.3. The molecule has 0 saturated carbocycles. The zero-order chi connectivity index (χ0) is 65.2. The van der Waals surface area contributed by atoms with Gasteiger partial charge in [0.25, 0.3) is 0 Å². The lowest BCUT2D eigenvalue weighted by Gasteiger charge is -2.50. The fourth-order valence-electron chi connectivity index (χ4n) is 11.2. The maximum Gasteiger partial charge on any atom is 0.321 e. The van der Waals surface area contributed by atoms with Crippen LogP contribution in [0.3, 0.4) is 0 Å². The van der Waals surface area contributed by atoms with Crippen LogP contribution in [0.5, 0.6) is 0 Å². The van der Waals surface area contributed by atoms with Crippen molar-refractivity contribution >= 4 is 35.5 Å². The summed E-state index contributed by atoms with van der Waals surface area (Å²) < 4.78 is 81.8. The summed E-state index contributed by atoms with van der Waals surface area (Å²) in [5.41, 5.74) is 5.70. The Kier molecular flexibility index (Phi) is 26.2. The van der Waals surface area contributed by atoms with Crippen molar-refractivity contribution in [2.24, 2.45) is 11.7 Å². The molecule has 21 fully saturated rings. The predicted octanol–water partition coefficient (Wildman–Crippen LogP) is -13.6. The molecule has 516 valence electrons.